The lowest BCUT2D eigenvalue weighted by molar-refractivity contribution is -0.930. The van der Waals surface area contributed by atoms with Gasteiger partial charge in [-0.2, -0.15) is 0 Å². The van der Waals surface area contributed by atoms with Crippen molar-refractivity contribution < 1.29 is 23.2 Å². The Morgan fingerprint density at radius 1 is 1.13 bits per heavy atom. The molecular weight excluding hydrogens is 387 g/mol. The molecule has 1 aliphatic heterocycles. The molecular formula is C23H22FN2O4+. The minimum Gasteiger partial charge on any atom is -0.477 e. The first-order chi connectivity index (χ1) is 14.6. The van der Waals surface area contributed by atoms with Crippen molar-refractivity contribution in [3.8, 4) is 5.75 Å². The van der Waals surface area contributed by atoms with Crippen LogP contribution in [0.5, 0.6) is 5.75 Å². The summed E-state index contributed by atoms with van der Waals surface area (Å²) in [6.45, 7) is 2.08. The second-order valence-electron chi connectivity index (χ2n) is 7.29. The molecule has 1 aromatic heterocycles. The third-order valence-corrected chi connectivity index (χ3v) is 5.05. The van der Waals surface area contributed by atoms with Crippen LogP contribution in [-0.4, -0.2) is 19.1 Å². The first-order valence-electron chi connectivity index (χ1n) is 9.77. The Kier molecular flexibility index (Phi) is 5.90. The second-order valence-corrected chi connectivity index (χ2v) is 7.29. The number of quaternary nitrogens is 1. The van der Waals surface area contributed by atoms with Gasteiger partial charge in [0, 0.05) is 23.7 Å². The third-order valence-electron chi connectivity index (χ3n) is 5.05. The highest BCUT2D eigenvalue weighted by Crippen LogP contribution is 2.12. The maximum absolute atomic E-state index is 13.2. The summed E-state index contributed by atoms with van der Waals surface area (Å²) < 4.78 is 24.0. The molecule has 2 aromatic carbocycles. The molecule has 0 fully saturated rings. The van der Waals surface area contributed by atoms with E-state index in [9.17, 15) is 14.0 Å². The van der Waals surface area contributed by atoms with E-state index in [1.807, 2.05) is 6.07 Å². The number of halogens is 1. The first-order valence-corrected chi connectivity index (χ1v) is 9.77. The fraction of sp³-hybridized carbons (Fsp3) is 0.217. The minimum absolute atomic E-state index is 0.0351. The molecule has 3 aromatic rings. The van der Waals surface area contributed by atoms with Crippen LogP contribution in [0.1, 0.15) is 16.9 Å². The molecule has 2 heterocycles. The van der Waals surface area contributed by atoms with Crippen molar-refractivity contribution in [1.29, 1.82) is 0 Å². The monoisotopic (exact) mass is 409 g/mol. The van der Waals surface area contributed by atoms with Gasteiger partial charge in [0.15, 0.2) is 12.4 Å². The lowest BCUT2D eigenvalue weighted by Gasteiger charge is -2.25. The molecule has 154 valence electrons. The van der Waals surface area contributed by atoms with Gasteiger partial charge in [0.25, 0.3) is 5.91 Å². The average molecular weight is 409 g/mol. The number of benzene rings is 2. The largest absolute Gasteiger partial charge is 0.477 e. The molecule has 6 nitrogen and oxygen atoms in total. The number of hydrogen-bond donors (Lipinski definition) is 2. The lowest BCUT2D eigenvalue weighted by Crippen LogP contribution is -3.10. The van der Waals surface area contributed by atoms with Gasteiger partial charge in [-0.25, -0.2) is 4.39 Å². The van der Waals surface area contributed by atoms with E-state index in [4.69, 9.17) is 9.15 Å². The number of anilines is 1. The van der Waals surface area contributed by atoms with Gasteiger partial charge in [-0.15, -0.1) is 0 Å². The van der Waals surface area contributed by atoms with Crippen molar-refractivity contribution >= 4 is 11.6 Å². The van der Waals surface area contributed by atoms with E-state index in [0.29, 0.717) is 18.0 Å². The van der Waals surface area contributed by atoms with Crippen molar-refractivity contribution in [2.75, 3.05) is 18.5 Å². The van der Waals surface area contributed by atoms with Crippen LogP contribution >= 0.6 is 0 Å². The first kappa shape index (κ1) is 19.8. The smallest absolute Gasteiger partial charge is 0.262 e. The van der Waals surface area contributed by atoms with Crippen LogP contribution < -0.4 is 20.4 Å². The summed E-state index contributed by atoms with van der Waals surface area (Å²) in [6.07, 6.45) is 2.24. The molecule has 0 saturated heterocycles. The van der Waals surface area contributed by atoms with E-state index in [1.165, 1.54) is 46.6 Å². The molecule has 0 aliphatic carbocycles. The summed E-state index contributed by atoms with van der Waals surface area (Å²) in [5.41, 5.74) is 2.68. The Bertz CT molecular complexity index is 1110. The standard InChI is InChI=1S/C23H21FN2O4/c24-18-6-3-7-19(10-18)25-23(28)15-30-22-14-29-20(11-21(22)27)13-26-9-8-16-4-1-2-5-17(16)12-26/h1-7,10-11,14H,8-9,12-13,15H2,(H,25,28)/p+1. The average Bonchev–Trinajstić information content (AvgIpc) is 2.73. The zero-order chi connectivity index (χ0) is 20.9. The van der Waals surface area contributed by atoms with E-state index >= 15 is 0 Å². The van der Waals surface area contributed by atoms with Gasteiger partial charge in [-0.05, 0) is 23.8 Å². The SMILES string of the molecule is O=C(COc1coc(C[NH+]2CCc3ccccc3C2)cc1=O)Nc1cccc(F)c1. The maximum atomic E-state index is 13.2. The highest BCUT2D eigenvalue weighted by molar-refractivity contribution is 5.91. The number of amides is 1. The molecule has 4 rings (SSSR count). The molecule has 0 saturated carbocycles. The van der Waals surface area contributed by atoms with Gasteiger partial charge in [0.05, 0.1) is 6.54 Å². The number of nitrogens with one attached hydrogen (secondary N) is 2. The number of hydrogen-bond acceptors (Lipinski definition) is 4. The molecule has 0 radical (unpaired) electrons. The molecule has 1 unspecified atom stereocenters. The van der Waals surface area contributed by atoms with Gasteiger partial charge in [0.2, 0.25) is 11.2 Å². The maximum Gasteiger partial charge on any atom is 0.262 e. The number of fused-ring (bicyclic) bond motifs is 1. The van der Waals surface area contributed by atoms with E-state index in [2.05, 4.69) is 23.5 Å². The minimum atomic E-state index is -0.500. The topological polar surface area (TPSA) is 73.0 Å². The number of rotatable bonds is 6. The molecule has 2 N–H and O–H groups in total. The molecule has 1 atom stereocenters. The van der Waals surface area contributed by atoms with Gasteiger partial charge in [0.1, 0.15) is 25.2 Å². The highest BCUT2D eigenvalue weighted by atomic mass is 19.1. The van der Waals surface area contributed by atoms with Crippen LogP contribution in [-0.2, 0) is 24.3 Å². The van der Waals surface area contributed by atoms with Crippen LogP contribution in [0.4, 0.5) is 10.1 Å². The Balaban J connectivity index is 1.32. The molecule has 1 amide bonds. The molecule has 0 bridgehead atoms. The number of carbonyl (C=O) groups excluding carboxylic acids is 1. The van der Waals surface area contributed by atoms with Crippen LogP contribution in [0.25, 0.3) is 0 Å². The van der Waals surface area contributed by atoms with Gasteiger partial charge >= 0.3 is 0 Å². The summed E-state index contributed by atoms with van der Waals surface area (Å²) in [5.74, 6) is -0.414. The van der Waals surface area contributed by atoms with Crippen molar-refractivity contribution in [3.63, 3.8) is 0 Å². The number of ether oxygens (including phenoxy) is 1. The van der Waals surface area contributed by atoms with Crippen molar-refractivity contribution in [3.05, 3.63) is 93.8 Å². The van der Waals surface area contributed by atoms with Crippen molar-refractivity contribution in [1.82, 2.24) is 0 Å². The summed E-state index contributed by atoms with van der Waals surface area (Å²) in [5, 5.41) is 2.51. The van der Waals surface area contributed by atoms with Gasteiger partial charge in [-0.3, -0.25) is 9.59 Å². The van der Waals surface area contributed by atoms with Crippen LogP contribution in [0, 0.1) is 5.82 Å². The van der Waals surface area contributed by atoms with E-state index in [1.54, 1.807) is 6.07 Å². The summed E-state index contributed by atoms with van der Waals surface area (Å²) in [6, 6.07) is 15.3. The van der Waals surface area contributed by atoms with Crippen LogP contribution in [0.15, 0.2) is 70.1 Å². The van der Waals surface area contributed by atoms with Crippen molar-refractivity contribution in [2.24, 2.45) is 0 Å². The zero-order valence-corrected chi connectivity index (χ0v) is 16.3. The summed E-state index contributed by atoms with van der Waals surface area (Å²) in [7, 11) is 0. The fourth-order valence-corrected chi connectivity index (χ4v) is 3.58. The highest BCUT2D eigenvalue weighted by Gasteiger charge is 2.20. The Morgan fingerprint density at radius 3 is 2.77 bits per heavy atom. The molecule has 1 aliphatic rings. The van der Waals surface area contributed by atoms with Gasteiger partial charge < -0.3 is 19.4 Å². The Hall–Kier alpha value is -3.45. The van der Waals surface area contributed by atoms with Crippen molar-refractivity contribution in [2.45, 2.75) is 19.5 Å². The Morgan fingerprint density at radius 2 is 1.97 bits per heavy atom. The second kappa shape index (κ2) is 8.92. The number of carbonyl (C=O) groups is 1. The van der Waals surface area contributed by atoms with E-state index < -0.39 is 11.7 Å². The van der Waals surface area contributed by atoms with Crippen LogP contribution in [0.3, 0.4) is 0 Å². The molecule has 0 spiro atoms. The van der Waals surface area contributed by atoms with Crippen LogP contribution in [0.2, 0.25) is 0 Å². The quantitative estimate of drug-likeness (QED) is 0.653. The lowest BCUT2D eigenvalue weighted by atomic mass is 10.00. The van der Waals surface area contributed by atoms with E-state index in [0.717, 1.165) is 19.5 Å². The predicted molar refractivity (Wildman–Crippen MR) is 109 cm³/mol. The Labute approximate surface area is 172 Å². The van der Waals surface area contributed by atoms with E-state index in [-0.39, 0.29) is 17.8 Å². The molecule has 7 heteroatoms. The third kappa shape index (κ3) is 4.93. The summed E-state index contributed by atoms with van der Waals surface area (Å²) in [4.78, 5) is 25.6. The van der Waals surface area contributed by atoms with Gasteiger partial charge in [-0.1, -0.05) is 30.3 Å². The predicted octanol–water partition coefficient (Wildman–Crippen LogP) is 1.94. The molecule has 30 heavy (non-hydrogen) atoms. The summed E-state index contributed by atoms with van der Waals surface area (Å²) >= 11 is 0. The zero-order valence-electron chi connectivity index (χ0n) is 16.3. The normalized spacial score (nSPS) is 15.3. The fourth-order valence-electron chi connectivity index (χ4n) is 3.58.